The van der Waals surface area contributed by atoms with Crippen LogP contribution in [0.4, 0.5) is 0 Å². The summed E-state index contributed by atoms with van der Waals surface area (Å²) in [5.74, 6) is 0. The maximum atomic E-state index is 3.61. The Morgan fingerprint density at radius 2 is 1.89 bits per heavy atom. The summed E-state index contributed by atoms with van der Waals surface area (Å²) in [5.41, 5.74) is 0.410. The van der Waals surface area contributed by atoms with Gasteiger partial charge in [-0.2, -0.15) is 0 Å². The first-order valence-electron chi connectivity index (χ1n) is 7.59. The van der Waals surface area contributed by atoms with Gasteiger partial charge in [-0.05, 0) is 38.4 Å². The molecule has 1 atom stereocenters. The van der Waals surface area contributed by atoms with E-state index in [1.54, 1.807) is 0 Å². The molecular formula is C15H33N3. The summed E-state index contributed by atoms with van der Waals surface area (Å²) >= 11 is 0. The Labute approximate surface area is 114 Å². The van der Waals surface area contributed by atoms with E-state index in [1.165, 1.54) is 45.6 Å². The van der Waals surface area contributed by atoms with Crippen molar-refractivity contribution in [1.82, 2.24) is 15.1 Å². The van der Waals surface area contributed by atoms with Gasteiger partial charge in [0.25, 0.3) is 0 Å². The quantitative estimate of drug-likeness (QED) is 0.783. The lowest BCUT2D eigenvalue weighted by molar-refractivity contribution is 0.156. The molecule has 0 aromatic rings. The lowest BCUT2D eigenvalue weighted by Gasteiger charge is -2.35. The van der Waals surface area contributed by atoms with Gasteiger partial charge in [0.15, 0.2) is 0 Å². The number of rotatable bonds is 6. The number of likely N-dealkylation sites (N-methyl/N-ethyl adjacent to an activating group) is 1. The molecule has 0 aliphatic carbocycles. The lowest BCUT2D eigenvalue weighted by Crippen LogP contribution is -2.44. The van der Waals surface area contributed by atoms with Crippen molar-refractivity contribution in [2.75, 3.05) is 46.3 Å². The van der Waals surface area contributed by atoms with Crippen molar-refractivity contribution >= 4 is 0 Å². The predicted octanol–water partition coefficient (Wildman–Crippen LogP) is 2.04. The summed E-state index contributed by atoms with van der Waals surface area (Å²) < 4.78 is 0. The van der Waals surface area contributed by atoms with E-state index in [2.05, 4.69) is 49.9 Å². The van der Waals surface area contributed by atoms with E-state index >= 15 is 0 Å². The highest BCUT2D eigenvalue weighted by atomic mass is 15.2. The third-order valence-corrected chi connectivity index (χ3v) is 4.21. The van der Waals surface area contributed by atoms with Crippen LogP contribution in [0.5, 0.6) is 0 Å². The molecule has 1 heterocycles. The Hall–Kier alpha value is -0.120. The number of nitrogens with zero attached hydrogens (tertiary/aromatic N) is 2. The molecule has 1 aliphatic rings. The van der Waals surface area contributed by atoms with Crippen LogP contribution >= 0.6 is 0 Å². The van der Waals surface area contributed by atoms with Crippen molar-refractivity contribution in [2.45, 2.75) is 46.6 Å². The van der Waals surface area contributed by atoms with Crippen LogP contribution in [0.25, 0.3) is 0 Å². The molecule has 0 saturated carbocycles. The van der Waals surface area contributed by atoms with Crippen LogP contribution in [-0.2, 0) is 0 Å². The Balaban J connectivity index is 2.45. The molecule has 1 saturated heterocycles. The van der Waals surface area contributed by atoms with Gasteiger partial charge in [0.2, 0.25) is 0 Å². The van der Waals surface area contributed by atoms with Gasteiger partial charge in [0.1, 0.15) is 0 Å². The summed E-state index contributed by atoms with van der Waals surface area (Å²) in [7, 11) is 2.24. The molecule has 0 bridgehead atoms. The molecule has 1 N–H and O–H groups in total. The summed E-state index contributed by atoms with van der Waals surface area (Å²) in [4.78, 5) is 5.12. The molecule has 3 heteroatoms. The van der Waals surface area contributed by atoms with Crippen molar-refractivity contribution in [3.8, 4) is 0 Å². The number of hydrogen-bond donors (Lipinski definition) is 1. The third kappa shape index (κ3) is 5.68. The summed E-state index contributed by atoms with van der Waals surface area (Å²) in [6, 6.07) is 0.589. The van der Waals surface area contributed by atoms with E-state index in [4.69, 9.17) is 0 Å². The first-order valence-corrected chi connectivity index (χ1v) is 7.59. The zero-order chi connectivity index (χ0) is 13.6. The van der Waals surface area contributed by atoms with Gasteiger partial charge in [0, 0.05) is 32.2 Å². The smallest absolute Gasteiger partial charge is 0.0109 e. The second-order valence-corrected chi connectivity index (χ2v) is 6.63. The predicted molar refractivity (Wildman–Crippen MR) is 80.1 cm³/mol. The van der Waals surface area contributed by atoms with Crippen LogP contribution in [0.2, 0.25) is 0 Å². The topological polar surface area (TPSA) is 18.5 Å². The highest BCUT2D eigenvalue weighted by molar-refractivity contribution is 4.81. The molecule has 0 amide bonds. The molecule has 0 radical (unpaired) electrons. The van der Waals surface area contributed by atoms with E-state index in [0.717, 1.165) is 6.54 Å². The maximum Gasteiger partial charge on any atom is 0.0109 e. The fourth-order valence-corrected chi connectivity index (χ4v) is 2.54. The number of hydrogen-bond acceptors (Lipinski definition) is 3. The van der Waals surface area contributed by atoms with E-state index in [-0.39, 0.29) is 0 Å². The molecule has 3 nitrogen and oxygen atoms in total. The second-order valence-electron chi connectivity index (χ2n) is 6.63. The van der Waals surface area contributed by atoms with Crippen molar-refractivity contribution < 1.29 is 0 Å². The minimum atomic E-state index is 0.410. The van der Waals surface area contributed by atoms with Gasteiger partial charge in [-0.1, -0.05) is 27.7 Å². The van der Waals surface area contributed by atoms with Crippen LogP contribution in [0.15, 0.2) is 0 Å². The first-order chi connectivity index (χ1) is 8.45. The van der Waals surface area contributed by atoms with Crippen LogP contribution in [0.1, 0.15) is 40.5 Å². The summed E-state index contributed by atoms with van der Waals surface area (Å²) in [6.07, 6.45) is 2.56. The molecular weight excluding hydrogens is 222 g/mol. The molecule has 1 rings (SSSR count). The van der Waals surface area contributed by atoms with E-state index in [9.17, 15) is 0 Å². The Bertz CT molecular complexity index is 230. The molecule has 0 aromatic heterocycles. The van der Waals surface area contributed by atoms with Gasteiger partial charge in [-0.15, -0.1) is 0 Å². The van der Waals surface area contributed by atoms with Crippen LogP contribution in [0.3, 0.4) is 0 Å². The average Bonchev–Trinajstić information content (AvgIpc) is 2.52. The minimum absolute atomic E-state index is 0.410. The molecule has 1 aliphatic heterocycles. The normalized spacial score (nSPS) is 23.0. The zero-order valence-electron chi connectivity index (χ0n) is 13.1. The Morgan fingerprint density at radius 3 is 2.50 bits per heavy atom. The Kier molecular flexibility index (Phi) is 6.61. The highest BCUT2D eigenvalue weighted by Crippen LogP contribution is 2.22. The van der Waals surface area contributed by atoms with E-state index < -0.39 is 0 Å². The van der Waals surface area contributed by atoms with Gasteiger partial charge < -0.3 is 15.1 Å². The first kappa shape index (κ1) is 15.9. The molecule has 1 unspecified atom stereocenters. The monoisotopic (exact) mass is 255 g/mol. The van der Waals surface area contributed by atoms with Gasteiger partial charge in [-0.3, -0.25) is 0 Å². The molecule has 108 valence electrons. The van der Waals surface area contributed by atoms with Gasteiger partial charge in [-0.25, -0.2) is 0 Å². The third-order valence-electron chi connectivity index (χ3n) is 4.21. The van der Waals surface area contributed by atoms with Crippen molar-refractivity contribution in [1.29, 1.82) is 0 Å². The molecule has 0 spiro atoms. The summed E-state index contributed by atoms with van der Waals surface area (Å²) in [6.45, 7) is 16.6. The largest absolute Gasteiger partial charge is 0.314 e. The van der Waals surface area contributed by atoms with Crippen LogP contribution < -0.4 is 5.32 Å². The fourth-order valence-electron chi connectivity index (χ4n) is 2.54. The van der Waals surface area contributed by atoms with Gasteiger partial charge in [0.05, 0.1) is 0 Å². The Morgan fingerprint density at radius 1 is 1.17 bits per heavy atom. The minimum Gasteiger partial charge on any atom is -0.314 e. The van der Waals surface area contributed by atoms with Crippen LogP contribution in [-0.4, -0.2) is 62.2 Å². The second kappa shape index (κ2) is 7.46. The maximum absolute atomic E-state index is 3.61. The number of nitrogens with one attached hydrogen (secondary N) is 1. The summed E-state index contributed by atoms with van der Waals surface area (Å²) in [5, 5.41) is 3.61. The van der Waals surface area contributed by atoms with E-state index in [0.29, 0.717) is 11.5 Å². The highest BCUT2D eigenvalue weighted by Gasteiger charge is 2.26. The van der Waals surface area contributed by atoms with E-state index in [1.807, 2.05) is 0 Å². The van der Waals surface area contributed by atoms with Crippen molar-refractivity contribution in [3.63, 3.8) is 0 Å². The lowest BCUT2D eigenvalue weighted by atomic mass is 9.86. The van der Waals surface area contributed by atoms with Crippen molar-refractivity contribution in [2.24, 2.45) is 5.41 Å². The molecule has 1 fully saturated rings. The van der Waals surface area contributed by atoms with Crippen LogP contribution in [0, 0.1) is 5.41 Å². The molecule has 18 heavy (non-hydrogen) atoms. The van der Waals surface area contributed by atoms with Gasteiger partial charge >= 0.3 is 0 Å². The molecule has 0 aromatic carbocycles. The fraction of sp³-hybridized carbons (Fsp3) is 1.00. The SMILES string of the molecule is CCC(C)(CNC(C)C)CN1CCCN(C)CC1. The van der Waals surface area contributed by atoms with Crippen molar-refractivity contribution in [3.05, 3.63) is 0 Å². The standard InChI is InChI=1S/C15H33N3/c1-6-15(4,12-16-14(2)3)13-18-9-7-8-17(5)10-11-18/h14,16H,6-13H2,1-5H3. The zero-order valence-corrected chi connectivity index (χ0v) is 13.1. The average molecular weight is 255 g/mol.